The molecule has 1 heterocycles. The van der Waals surface area contributed by atoms with Crippen LogP contribution in [0.25, 0.3) is 11.0 Å². The lowest BCUT2D eigenvalue weighted by Crippen LogP contribution is -2.30. The van der Waals surface area contributed by atoms with Crippen molar-refractivity contribution in [1.82, 2.24) is 15.3 Å². The van der Waals surface area contributed by atoms with Gasteiger partial charge in [0, 0.05) is 13.0 Å². The maximum atomic E-state index is 11.9. The molecular weight excluding hydrogens is 314 g/mol. The van der Waals surface area contributed by atoms with E-state index in [4.69, 9.17) is 4.74 Å². The summed E-state index contributed by atoms with van der Waals surface area (Å²) in [4.78, 5) is 19.8. The van der Waals surface area contributed by atoms with Crippen molar-refractivity contribution in [1.29, 1.82) is 0 Å². The summed E-state index contributed by atoms with van der Waals surface area (Å²) in [5, 5.41) is 2.86. The van der Waals surface area contributed by atoms with Gasteiger partial charge in [-0.2, -0.15) is 0 Å². The van der Waals surface area contributed by atoms with Crippen molar-refractivity contribution in [3.05, 3.63) is 58.9 Å². The van der Waals surface area contributed by atoms with Crippen molar-refractivity contribution < 1.29 is 9.53 Å². The Balaban J connectivity index is 1.47. The Hall–Kier alpha value is -2.82. The molecule has 0 radical (unpaired) electrons. The lowest BCUT2D eigenvalue weighted by molar-refractivity contribution is -0.123. The molecule has 0 aliphatic carbocycles. The Morgan fingerprint density at radius 1 is 1.12 bits per heavy atom. The number of aromatic amines is 1. The number of imidazole rings is 1. The highest BCUT2D eigenvalue weighted by atomic mass is 16.5. The third-order valence-electron chi connectivity index (χ3n) is 4.30. The predicted molar refractivity (Wildman–Crippen MR) is 99.0 cm³/mol. The Labute approximate surface area is 147 Å². The molecule has 130 valence electrons. The van der Waals surface area contributed by atoms with E-state index in [0.717, 1.165) is 28.0 Å². The Bertz CT molecular complexity index is 899. The summed E-state index contributed by atoms with van der Waals surface area (Å²) in [5.74, 6) is 1.45. The molecule has 0 atom stereocenters. The normalized spacial score (nSPS) is 10.8. The van der Waals surface area contributed by atoms with Crippen LogP contribution >= 0.6 is 0 Å². The van der Waals surface area contributed by atoms with E-state index in [2.05, 4.69) is 15.3 Å². The van der Waals surface area contributed by atoms with Crippen LogP contribution in [0.3, 0.4) is 0 Å². The number of hydrogen-bond donors (Lipinski definition) is 2. The fourth-order valence-corrected chi connectivity index (χ4v) is 2.67. The Morgan fingerprint density at radius 3 is 2.72 bits per heavy atom. The van der Waals surface area contributed by atoms with E-state index in [1.165, 1.54) is 5.56 Å². The number of H-pyrrole nitrogens is 1. The van der Waals surface area contributed by atoms with Gasteiger partial charge in [0.1, 0.15) is 11.6 Å². The van der Waals surface area contributed by atoms with Crippen molar-refractivity contribution >= 4 is 16.9 Å². The molecule has 0 saturated carbocycles. The van der Waals surface area contributed by atoms with Crippen molar-refractivity contribution in [3.63, 3.8) is 0 Å². The molecule has 5 nitrogen and oxygen atoms in total. The quantitative estimate of drug-likeness (QED) is 0.726. The van der Waals surface area contributed by atoms with Crippen LogP contribution in [0.2, 0.25) is 0 Å². The van der Waals surface area contributed by atoms with Crippen molar-refractivity contribution in [2.75, 3.05) is 13.2 Å². The third-order valence-corrected chi connectivity index (χ3v) is 4.30. The zero-order valence-electron chi connectivity index (χ0n) is 14.8. The standard InChI is InChI=1S/C20H23N3O2/c1-13-7-8-16(11-15(13)3)25-12-19(24)21-10-9-18-22-17-6-4-5-14(2)20(17)23-18/h4-8,11H,9-10,12H2,1-3H3,(H,21,24)(H,22,23). The second-order valence-corrected chi connectivity index (χ2v) is 6.29. The van der Waals surface area contributed by atoms with Crippen LogP contribution in [-0.2, 0) is 11.2 Å². The number of fused-ring (bicyclic) bond motifs is 1. The average Bonchev–Trinajstić information content (AvgIpc) is 3.00. The Kier molecular flexibility index (Phi) is 5.03. The van der Waals surface area contributed by atoms with Gasteiger partial charge in [-0.25, -0.2) is 4.98 Å². The molecule has 0 spiro atoms. The highest BCUT2D eigenvalue weighted by Crippen LogP contribution is 2.16. The predicted octanol–water partition coefficient (Wildman–Crippen LogP) is 3.23. The third kappa shape index (κ3) is 4.18. The lowest BCUT2D eigenvalue weighted by atomic mass is 10.1. The van der Waals surface area contributed by atoms with Crippen LogP contribution in [0.1, 0.15) is 22.5 Å². The number of nitrogens with one attached hydrogen (secondary N) is 2. The monoisotopic (exact) mass is 337 g/mol. The second kappa shape index (κ2) is 7.38. The summed E-state index contributed by atoms with van der Waals surface area (Å²) in [5.41, 5.74) is 5.52. The maximum Gasteiger partial charge on any atom is 0.257 e. The highest BCUT2D eigenvalue weighted by Gasteiger charge is 2.07. The first-order valence-corrected chi connectivity index (χ1v) is 8.44. The van der Waals surface area contributed by atoms with E-state index >= 15 is 0 Å². The summed E-state index contributed by atoms with van der Waals surface area (Å²) in [7, 11) is 0. The molecular formula is C20H23N3O2. The minimum atomic E-state index is -0.134. The molecule has 0 saturated heterocycles. The maximum absolute atomic E-state index is 11.9. The number of para-hydroxylation sites is 1. The number of aromatic nitrogens is 2. The molecule has 25 heavy (non-hydrogen) atoms. The van der Waals surface area contributed by atoms with Crippen molar-refractivity contribution in [2.45, 2.75) is 27.2 Å². The first kappa shape index (κ1) is 17.0. The van der Waals surface area contributed by atoms with E-state index < -0.39 is 0 Å². The number of hydrogen-bond acceptors (Lipinski definition) is 3. The van der Waals surface area contributed by atoms with Crippen LogP contribution in [0.5, 0.6) is 5.75 Å². The van der Waals surface area contributed by atoms with Gasteiger partial charge in [0.15, 0.2) is 6.61 Å². The van der Waals surface area contributed by atoms with Gasteiger partial charge in [-0.3, -0.25) is 4.79 Å². The number of ether oxygens (including phenoxy) is 1. The van der Waals surface area contributed by atoms with E-state index in [9.17, 15) is 4.79 Å². The van der Waals surface area contributed by atoms with Crippen molar-refractivity contribution in [2.24, 2.45) is 0 Å². The zero-order valence-corrected chi connectivity index (χ0v) is 14.8. The van der Waals surface area contributed by atoms with Crippen LogP contribution in [0.15, 0.2) is 36.4 Å². The molecule has 2 N–H and O–H groups in total. The van der Waals surface area contributed by atoms with Gasteiger partial charge >= 0.3 is 0 Å². The molecule has 0 fully saturated rings. The average molecular weight is 337 g/mol. The lowest BCUT2D eigenvalue weighted by Gasteiger charge is -2.08. The van der Waals surface area contributed by atoms with Gasteiger partial charge in [0.2, 0.25) is 0 Å². The molecule has 0 unspecified atom stereocenters. The number of benzene rings is 2. The van der Waals surface area contributed by atoms with Crippen LogP contribution in [0, 0.1) is 20.8 Å². The van der Waals surface area contributed by atoms with Crippen LogP contribution < -0.4 is 10.1 Å². The van der Waals surface area contributed by atoms with Crippen LogP contribution in [0.4, 0.5) is 0 Å². The molecule has 2 aromatic carbocycles. The number of carbonyl (C=O) groups is 1. The Morgan fingerprint density at radius 2 is 1.96 bits per heavy atom. The van der Waals surface area contributed by atoms with Gasteiger partial charge in [-0.1, -0.05) is 18.2 Å². The van der Waals surface area contributed by atoms with E-state index in [1.54, 1.807) is 0 Å². The molecule has 0 aliphatic heterocycles. The first-order chi connectivity index (χ1) is 12.0. The van der Waals surface area contributed by atoms with E-state index in [-0.39, 0.29) is 12.5 Å². The SMILES string of the molecule is Cc1ccc(OCC(=O)NCCc2nc3c(C)cccc3[nH]2)cc1C. The summed E-state index contributed by atoms with van der Waals surface area (Å²) < 4.78 is 5.53. The number of nitrogens with zero attached hydrogens (tertiary/aromatic N) is 1. The number of rotatable bonds is 6. The summed E-state index contributed by atoms with van der Waals surface area (Å²) >= 11 is 0. The van der Waals surface area contributed by atoms with Gasteiger partial charge in [-0.15, -0.1) is 0 Å². The van der Waals surface area contributed by atoms with E-state index in [0.29, 0.717) is 18.7 Å². The van der Waals surface area contributed by atoms with Gasteiger partial charge in [0.25, 0.3) is 5.91 Å². The fourth-order valence-electron chi connectivity index (χ4n) is 2.67. The van der Waals surface area contributed by atoms with Gasteiger partial charge in [-0.05, 0) is 55.7 Å². The molecule has 3 rings (SSSR count). The number of aryl methyl sites for hydroxylation is 3. The highest BCUT2D eigenvalue weighted by molar-refractivity contribution is 5.79. The largest absolute Gasteiger partial charge is 0.484 e. The molecule has 5 heteroatoms. The number of amides is 1. The summed E-state index contributed by atoms with van der Waals surface area (Å²) in [6.45, 7) is 6.65. The summed E-state index contributed by atoms with van der Waals surface area (Å²) in [6, 6.07) is 11.9. The summed E-state index contributed by atoms with van der Waals surface area (Å²) in [6.07, 6.45) is 0.656. The number of carbonyl (C=O) groups excluding carboxylic acids is 1. The van der Waals surface area contributed by atoms with Crippen LogP contribution in [-0.4, -0.2) is 29.0 Å². The minimum Gasteiger partial charge on any atom is -0.484 e. The molecule has 1 amide bonds. The van der Waals surface area contributed by atoms with Crippen molar-refractivity contribution in [3.8, 4) is 5.75 Å². The second-order valence-electron chi connectivity index (χ2n) is 6.29. The topological polar surface area (TPSA) is 67.0 Å². The first-order valence-electron chi connectivity index (χ1n) is 8.44. The fraction of sp³-hybridized carbons (Fsp3) is 0.300. The van der Waals surface area contributed by atoms with Gasteiger partial charge in [0.05, 0.1) is 11.0 Å². The van der Waals surface area contributed by atoms with Gasteiger partial charge < -0.3 is 15.0 Å². The zero-order chi connectivity index (χ0) is 17.8. The smallest absolute Gasteiger partial charge is 0.257 e. The molecule has 3 aromatic rings. The molecule has 0 aliphatic rings. The minimum absolute atomic E-state index is 0.0156. The van der Waals surface area contributed by atoms with E-state index in [1.807, 2.05) is 57.2 Å². The molecule has 1 aromatic heterocycles. The molecule has 0 bridgehead atoms.